The molecule has 1 heterocycles. The van der Waals surface area contributed by atoms with Gasteiger partial charge in [-0.25, -0.2) is 4.98 Å². The summed E-state index contributed by atoms with van der Waals surface area (Å²) in [5.74, 6) is 7.94. The minimum atomic E-state index is 0.338. The highest BCUT2D eigenvalue weighted by Crippen LogP contribution is 2.12. The molecule has 0 saturated heterocycles. The molecule has 0 bridgehead atoms. The highest BCUT2D eigenvalue weighted by atomic mass is 35.5. The third-order valence-electron chi connectivity index (χ3n) is 2.66. The fraction of sp³-hybridized carbons (Fsp3) is 0.267. The van der Waals surface area contributed by atoms with Gasteiger partial charge in [0.2, 0.25) is 0 Å². The van der Waals surface area contributed by atoms with Crippen LogP contribution in [0.15, 0.2) is 36.7 Å². The van der Waals surface area contributed by atoms with Gasteiger partial charge in [0.25, 0.3) is 0 Å². The van der Waals surface area contributed by atoms with Gasteiger partial charge >= 0.3 is 0 Å². The van der Waals surface area contributed by atoms with E-state index in [9.17, 15) is 0 Å². The first kappa shape index (κ1) is 13.5. The first-order valence-electron chi connectivity index (χ1n) is 6.05. The Labute approximate surface area is 118 Å². The van der Waals surface area contributed by atoms with Gasteiger partial charge in [-0.05, 0) is 25.1 Å². The molecule has 0 aliphatic carbocycles. The molecule has 2 aromatic rings. The highest BCUT2D eigenvalue weighted by Gasteiger charge is 1.98. The number of rotatable bonds is 4. The van der Waals surface area contributed by atoms with E-state index in [4.69, 9.17) is 16.3 Å². The van der Waals surface area contributed by atoms with Crippen molar-refractivity contribution in [2.45, 2.75) is 13.5 Å². The summed E-state index contributed by atoms with van der Waals surface area (Å²) in [6, 6.07) is 7.70. The summed E-state index contributed by atoms with van der Waals surface area (Å²) in [6.45, 7) is 3.36. The molecule has 19 heavy (non-hydrogen) atoms. The van der Waals surface area contributed by atoms with Crippen LogP contribution in [0.5, 0.6) is 5.75 Å². The van der Waals surface area contributed by atoms with Crippen LogP contribution >= 0.6 is 11.6 Å². The molecule has 98 valence electrons. The van der Waals surface area contributed by atoms with Gasteiger partial charge < -0.3 is 9.30 Å². The number of benzene rings is 1. The van der Waals surface area contributed by atoms with Gasteiger partial charge in [-0.3, -0.25) is 0 Å². The van der Waals surface area contributed by atoms with E-state index >= 15 is 0 Å². The number of aryl methyl sites for hydroxylation is 1. The third kappa shape index (κ3) is 4.04. The lowest BCUT2D eigenvalue weighted by atomic mass is 10.2. The maximum atomic E-state index is 5.71. The molecule has 0 aliphatic rings. The quantitative estimate of drug-likeness (QED) is 0.633. The van der Waals surface area contributed by atoms with E-state index in [1.54, 1.807) is 6.20 Å². The van der Waals surface area contributed by atoms with Crippen molar-refractivity contribution in [1.29, 1.82) is 0 Å². The number of alkyl halides is 1. The van der Waals surface area contributed by atoms with E-state index in [2.05, 4.69) is 21.4 Å². The van der Waals surface area contributed by atoms with Crippen molar-refractivity contribution in [2.75, 3.05) is 12.5 Å². The Morgan fingerprint density at radius 3 is 3.05 bits per heavy atom. The molecular weight excluding hydrogens is 260 g/mol. The van der Waals surface area contributed by atoms with Crippen molar-refractivity contribution in [1.82, 2.24) is 9.55 Å². The second kappa shape index (κ2) is 6.86. The molecule has 0 aliphatic heterocycles. The summed E-state index contributed by atoms with van der Waals surface area (Å²) < 4.78 is 7.76. The fourth-order valence-electron chi connectivity index (χ4n) is 1.70. The van der Waals surface area contributed by atoms with E-state index in [1.165, 1.54) is 0 Å². The average Bonchev–Trinajstić information content (AvgIpc) is 2.83. The largest absolute Gasteiger partial charge is 0.492 e. The second-order valence-corrected chi connectivity index (χ2v) is 4.25. The summed E-state index contributed by atoms with van der Waals surface area (Å²) in [5.41, 5.74) is 0.914. The Morgan fingerprint density at radius 2 is 2.32 bits per heavy atom. The van der Waals surface area contributed by atoms with Crippen LogP contribution in [0.1, 0.15) is 11.4 Å². The van der Waals surface area contributed by atoms with Crippen LogP contribution in [0.25, 0.3) is 0 Å². The van der Waals surface area contributed by atoms with Crippen molar-refractivity contribution in [3.05, 3.63) is 48.0 Å². The summed E-state index contributed by atoms with van der Waals surface area (Å²) in [5, 5.41) is 0. The SMILES string of the molecule is Cc1nccn1CCOc1cccc(C#CCCl)c1. The molecule has 3 nitrogen and oxygen atoms in total. The van der Waals surface area contributed by atoms with Gasteiger partial charge in [-0.1, -0.05) is 17.9 Å². The molecule has 1 aromatic heterocycles. The zero-order valence-corrected chi connectivity index (χ0v) is 11.5. The molecule has 0 radical (unpaired) electrons. The number of nitrogens with zero attached hydrogens (tertiary/aromatic N) is 2. The molecule has 0 spiro atoms. The number of hydrogen-bond donors (Lipinski definition) is 0. The number of ether oxygens (including phenoxy) is 1. The topological polar surface area (TPSA) is 27.1 Å². The van der Waals surface area contributed by atoms with E-state index in [0.29, 0.717) is 12.5 Å². The Kier molecular flexibility index (Phi) is 4.88. The van der Waals surface area contributed by atoms with Crippen molar-refractivity contribution in [3.63, 3.8) is 0 Å². The molecule has 0 N–H and O–H groups in total. The van der Waals surface area contributed by atoms with Crippen molar-refractivity contribution >= 4 is 11.6 Å². The monoisotopic (exact) mass is 274 g/mol. The van der Waals surface area contributed by atoms with Gasteiger partial charge in [-0.15, -0.1) is 11.6 Å². The zero-order valence-electron chi connectivity index (χ0n) is 10.8. The molecule has 0 amide bonds. The molecule has 0 atom stereocenters. The fourth-order valence-corrected chi connectivity index (χ4v) is 1.77. The number of halogens is 1. The molecule has 1 aromatic carbocycles. The summed E-state index contributed by atoms with van der Waals surface area (Å²) >= 11 is 5.53. The van der Waals surface area contributed by atoms with E-state index < -0.39 is 0 Å². The standard InChI is InChI=1S/C15H15ClN2O/c1-13-17-8-9-18(13)10-11-19-15-6-2-4-14(12-15)5-3-7-16/h2,4,6,8-9,12H,7,10-11H2,1H3. The summed E-state index contributed by atoms with van der Waals surface area (Å²) in [6.07, 6.45) is 3.73. The molecule has 0 unspecified atom stereocenters. The Balaban J connectivity index is 1.91. The first-order valence-corrected chi connectivity index (χ1v) is 6.58. The number of hydrogen-bond acceptors (Lipinski definition) is 2. The van der Waals surface area contributed by atoms with Gasteiger partial charge in [-0.2, -0.15) is 0 Å². The normalized spacial score (nSPS) is 9.79. The second-order valence-electron chi connectivity index (χ2n) is 3.98. The number of imidazole rings is 1. The summed E-state index contributed by atoms with van der Waals surface area (Å²) in [4.78, 5) is 4.17. The lowest BCUT2D eigenvalue weighted by Crippen LogP contribution is -2.08. The molecule has 0 fully saturated rings. The average molecular weight is 275 g/mol. The van der Waals surface area contributed by atoms with Gasteiger partial charge in [0.1, 0.15) is 18.2 Å². The lowest BCUT2D eigenvalue weighted by Gasteiger charge is -2.08. The maximum absolute atomic E-state index is 5.71. The van der Waals surface area contributed by atoms with Crippen molar-refractivity contribution < 1.29 is 4.74 Å². The van der Waals surface area contributed by atoms with Crippen LogP contribution in [0.3, 0.4) is 0 Å². The van der Waals surface area contributed by atoms with Crippen LogP contribution in [0, 0.1) is 18.8 Å². The highest BCUT2D eigenvalue weighted by molar-refractivity contribution is 6.19. The Hall–Kier alpha value is -1.92. The summed E-state index contributed by atoms with van der Waals surface area (Å²) in [7, 11) is 0. The van der Waals surface area contributed by atoms with Gasteiger partial charge in [0.15, 0.2) is 0 Å². The van der Waals surface area contributed by atoms with Crippen LogP contribution in [-0.2, 0) is 6.54 Å². The van der Waals surface area contributed by atoms with Crippen LogP contribution < -0.4 is 4.74 Å². The van der Waals surface area contributed by atoms with Crippen LogP contribution in [0.2, 0.25) is 0 Å². The van der Waals surface area contributed by atoms with E-state index in [1.807, 2.05) is 37.4 Å². The predicted molar refractivity (Wildman–Crippen MR) is 76.5 cm³/mol. The van der Waals surface area contributed by atoms with E-state index in [-0.39, 0.29) is 0 Å². The predicted octanol–water partition coefficient (Wildman–Crippen LogP) is 2.86. The van der Waals surface area contributed by atoms with Crippen LogP contribution in [0.4, 0.5) is 0 Å². The Morgan fingerprint density at radius 1 is 1.42 bits per heavy atom. The van der Waals surface area contributed by atoms with Crippen molar-refractivity contribution in [3.8, 4) is 17.6 Å². The first-order chi connectivity index (χ1) is 9.29. The Bertz CT molecular complexity index is 595. The molecule has 0 saturated carbocycles. The zero-order chi connectivity index (χ0) is 13.5. The third-order valence-corrected chi connectivity index (χ3v) is 2.79. The smallest absolute Gasteiger partial charge is 0.120 e. The van der Waals surface area contributed by atoms with Crippen LogP contribution in [-0.4, -0.2) is 22.0 Å². The van der Waals surface area contributed by atoms with Crippen molar-refractivity contribution in [2.24, 2.45) is 0 Å². The minimum absolute atomic E-state index is 0.338. The number of aromatic nitrogens is 2. The van der Waals surface area contributed by atoms with Gasteiger partial charge in [0.05, 0.1) is 12.4 Å². The molecule has 2 rings (SSSR count). The maximum Gasteiger partial charge on any atom is 0.120 e. The minimum Gasteiger partial charge on any atom is -0.492 e. The molecular formula is C15H15ClN2O. The van der Waals surface area contributed by atoms with E-state index in [0.717, 1.165) is 23.7 Å². The van der Waals surface area contributed by atoms with Gasteiger partial charge in [0, 0.05) is 18.0 Å². The molecule has 4 heteroatoms. The lowest BCUT2D eigenvalue weighted by molar-refractivity contribution is 0.297.